The van der Waals surface area contributed by atoms with E-state index in [1.54, 1.807) is 6.07 Å². The lowest BCUT2D eigenvalue weighted by Gasteiger charge is -2.06. The number of para-hydroxylation sites is 1. The Hall–Kier alpha value is -2.04. The molecular weight excluding hydrogens is 274 g/mol. The zero-order valence-corrected chi connectivity index (χ0v) is 11.5. The maximum absolute atomic E-state index is 6.07. The third-order valence-corrected chi connectivity index (χ3v) is 3.40. The molecule has 5 heteroatoms. The van der Waals surface area contributed by atoms with Gasteiger partial charge in [-0.15, -0.1) is 0 Å². The van der Waals surface area contributed by atoms with Gasteiger partial charge in [-0.05, 0) is 24.3 Å². The van der Waals surface area contributed by atoms with Crippen LogP contribution >= 0.6 is 11.6 Å². The Kier molecular flexibility index (Phi) is 3.58. The quantitative estimate of drug-likeness (QED) is 0.802. The zero-order chi connectivity index (χ0) is 13.9. The summed E-state index contributed by atoms with van der Waals surface area (Å²) in [5.74, 6) is 1.46. The van der Waals surface area contributed by atoms with Crippen LogP contribution in [0.2, 0.25) is 5.02 Å². The van der Waals surface area contributed by atoms with E-state index in [1.807, 2.05) is 47.0 Å². The molecule has 0 aliphatic carbocycles. The summed E-state index contributed by atoms with van der Waals surface area (Å²) in [6.07, 6.45) is 1.95. The lowest BCUT2D eigenvalue weighted by Crippen LogP contribution is -2.01. The molecule has 3 rings (SSSR count). The first-order valence-electron chi connectivity index (χ1n) is 6.32. The van der Waals surface area contributed by atoms with Crippen molar-refractivity contribution in [3.8, 4) is 5.75 Å². The Morgan fingerprint density at radius 1 is 1.15 bits per heavy atom. The third-order valence-electron chi connectivity index (χ3n) is 3.08. The standard InChI is InChI=1S/C15H14ClN3O/c16-11-5-1-2-7-14(11)20-10-15-18-12(9-17)13-6-3-4-8-19(13)15/h1-8H,9-10,17H2. The summed E-state index contributed by atoms with van der Waals surface area (Å²) in [5, 5.41) is 0.590. The molecule has 0 radical (unpaired) electrons. The third kappa shape index (κ3) is 2.35. The van der Waals surface area contributed by atoms with Crippen LogP contribution in [0, 0.1) is 0 Å². The van der Waals surface area contributed by atoms with Crippen LogP contribution in [0.15, 0.2) is 48.7 Å². The molecule has 0 atom stereocenters. The van der Waals surface area contributed by atoms with Gasteiger partial charge in [0.25, 0.3) is 0 Å². The normalized spacial score (nSPS) is 10.9. The van der Waals surface area contributed by atoms with Gasteiger partial charge in [-0.1, -0.05) is 29.8 Å². The summed E-state index contributed by atoms with van der Waals surface area (Å²) in [6.45, 7) is 0.745. The van der Waals surface area contributed by atoms with Crippen LogP contribution in [-0.2, 0) is 13.2 Å². The first-order chi connectivity index (χ1) is 9.79. The van der Waals surface area contributed by atoms with Crippen LogP contribution in [0.1, 0.15) is 11.5 Å². The van der Waals surface area contributed by atoms with E-state index < -0.39 is 0 Å². The fraction of sp³-hybridized carbons (Fsp3) is 0.133. The number of fused-ring (bicyclic) bond motifs is 1. The molecule has 102 valence electrons. The highest BCUT2D eigenvalue weighted by atomic mass is 35.5. The Bertz CT molecular complexity index is 739. The molecule has 0 aliphatic rings. The van der Waals surface area contributed by atoms with E-state index in [0.717, 1.165) is 17.0 Å². The van der Waals surface area contributed by atoms with Crippen molar-refractivity contribution in [2.24, 2.45) is 5.73 Å². The Labute approximate surface area is 121 Å². The van der Waals surface area contributed by atoms with Crippen LogP contribution in [0.4, 0.5) is 0 Å². The average Bonchev–Trinajstić information content (AvgIpc) is 2.85. The molecule has 2 N–H and O–H groups in total. The number of pyridine rings is 1. The molecule has 1 aromatic carbocycles. The summed E-state index contributed by atoms with van der Waals surface area (Å²) in [4.78, 5) is 4.52. The summed E-state index contributed by atoms with van der Waals surface area (Å²) in [5.41, 5.74) is 7.59. The number of imidazole rings is 1. The molecule has 0 unspecified atom stereocenters. The maximum Gasteiger partial charge on any atom is 0.151 e. The second-order valence-electron chi connectivity index (χ2n) is 4.35. The average molecular weight is 288 g/mol. The van der Waals surface area contributed by atoms with Crippen LogP contribution in [0.25, 0.3) is 5.52 Å². The van der Waals surface area contributed by atoms with Crippen LogP contribution in [-0.4, -0.2) is 9.38 Å². The number of halogens is 1. The van der Waals surface area contributed by atoms with Crippen molar-refractivity contribution in [3.05, 3.63) is 65.2 Å². The highest BCUT2D eigenvalue weighted by molar-refractivity contribution is 6.32. The second kappa shape index (κ2) is 5.53. The monoisotopic (exact) mass is 287 g/mol. The van der Waals surface area contributed by atoms with Crippen molar-refractivity contribution < 1.29 is 4.74 Å². The minimum atomic E-state index is 0.342. The molecular formula is C15H14ClN3O. The summed E-state index contributed by atoms with van der Waals surface area (Å²) >= 11 is 6.07. The number of hydrogen-bond donors (Lipinski definition) is 1. The Morgan fingerprint density at radius 3 is 2.75 bits per heavy atom. The number of rotatable bonds is 4. The lowest BCUT2D eigenvalue weighted by molar-refractivity contribution is 0.295. The molecule has 4 nitrogen and oxygen atoms in total. The molecule has 20 heavy (non-hydrogen) atoms. The van der Waals surface area contributed by atoms with E-state index in [2.05, 4.69) is 4.98 Å². The largest absolute Gasteiger partial charge is 0.484 e. The van der Waals surface area contributed by atoms with Gasteiger partial charge in [-0.2, -0.15) is 0 Å². The molecule has 3 aromatic rings. The molecule has 2 heterocycles. The van der Waals surface area contributed by atoms with Gasteiger partial charge >= 0.3 is 0 Å². The first kappa shape index (κ1) is 13.0. The minimum Gasteiger partial charge on any atom is -0.484 e. The molecule has 0 saturated carbocycles. The smallest absolute Gasteiger partial charge is 0.151 e. The number of benzene rings is 1. The SMILES string of the molecule is NCc1nc(COc2ccccc2Cl)n2ccccc12. The number of nitrogens with two attached hydrogens (primary N) is 1. The predicted octanol–water partition coefficient (Wildman–Crippen LogP) is 3.03. The number of aromatic nitrogens is 2. The summed E-state index contributed by atoms with van der Waals surface area (Å²) in [6, 6.07) is 13.3. The van der Waals surface area contributed by atoms with Gasteiger partial charge in [0, 0.05) is 12.7 Å². The van der Waals surface area contributed by atoms with Gasteiger partial charge in [0.05, 0.1) is 16.2 Å². The topological polar surface area (TPSA) is 52.5 Å². The highest BCUT2D eigenvalue weighted by Crippen LogP contribution is 2.24. The van der Waals surface area contributed by atoms with E-state index in [-0.39, 0.29) is 0 Å². The van der Waals surface area contributed by atoms with Crippen molar-refractivity contribution in [2.45, 2.75) is 13.2 Å². The maximum atomic E-state index is 6.07. The van der Waals surface area contributed by atoms with E-state index >= 15 is 0 Å². The Balaban J connectivity index is 1.90. The second-order valence-corrected chi connectivity index (χ2v) is 4.76. The van der Waals surface area contributed by atoms with E-state index in [0.29, 0.717) is 23.9 Å². The van der Waals surface area contributed by atoms with Gasteiger partial charge in [-0.3, -0.25) is 0 Å². The molecule has 0 saturated heterocycles. The fourth-order valence-electron chi connectivity index (χ4n) is 2.13. The highest BCUT2D eigenvalue weighted by Gasteiger charge is 2.10. The van der Waals surface area contributed by atoms with Gasteiger partial charge < -0.3 is 14.9 Å². The first-order valence-corrected chi connectivity index (χ1v) is 6.69. The van der Waals surface area contributed by atoms with Crippen LogP contribution < -0.4 is 10.5 Å². The number of ether oxygens (including phenoxy) is 1. The lowest BCUT2D eigenvalue weighted by atomic mass is 10.3. The predicted molar refractivity (Wildman–Crippen MR) is 78.9 cm³/mol. The van der Waals surface area contributed by atoms with Crippen molar-refractivity contribution in [3.63, 3.8) is 0 Å². The van der Waals surface area contributed by atoms with E-state index in [9.17, 15) is 0 Å². The molecule has 2 aromatic heterocycles. The summed E-state index contributed by atoms with van der Waals surface area (Å²) < 4.78 is 7.72. The van der Waals surface area contributed by atoms with Crippen molar-refractivity contribution >= 4 is 17.1 Å². The van der Waals surface area contributed by atoms with Crippen molar-refractivity contribution in [2.75, 3.05) is 0 Å². The fourth-order valence-corrected chi connectivity index (χ4v) is 2.32. The Morgan fingerprint density at radius 2 is 1.95 bits per heavy atom. The number of hydrogen-bond acceptors (Lipinski definition) is 3. The molecule has 0 amide bonds. The van der Waals surface area contributed by atoms with Gasteiger partial charge in [0.2, 0.25) is 0 Å². The van der Waals surface area contributed by atoms with Crippen LogP contribution in [0.5, 0.6) is 5.75 Å². The summed E-state index contributed by atoms with van der Waals surface area (Å²) in [7, 11) is 0. The van der Waals surface area contributed by atoms with Gasteiger partial charge in [0.15, 0.2) is 5.82 Å². The van der Waals surface area contributed by atoms with Gasteiger partial charge in [-0.25, -0.2) is 4.98 Å². The van der Waals surface area contributed by atoms with E-state index in [1.165, 1.54) is 0 Å². The minimum absolute atomic E-state index is 0.342. The number of nitrogens with zero attached hydrogens (tertiary/aromatic N) is 2. The van der Waals surface area contributed by atoms with Gasteiger partial charge in [0.1, 0.15) is 12.4 Å². The zero-order valence-electron chi connectivity index (χ0n) is 10.8. The van der Waals surface area contributed by atoms with Crippen LogP contribution in [0.3, 0.4) is 0 Å². The van der Waals surface area contributed by atoms with E-state index in [4.69, 9.17) is 22.1 Å². The molecule has 0 fully saturated rings. The molecule has 0 bridgehead atoms. The van der Waals surface area contributed by atoms with Crippen molar-refractivity contribution in [1.82, 2.24) is 9.38 Å². The van der Waals surface area contributed by atoms with Crippen molar-refractivity contribution in [1.29, 1.82) is 0 Å². The molecule has 0 aliphatic heterocycles. The molecule has 0 spiro atoms.